The van der Waals surface area contributed by atoms with Gasteiger partial charge in [-0.2, -0.15) is 4.31 Å². The van der Waals surface area contributed by atoms with Crippen molar-refractivity contribution in [3.05, 3.63) is 78.1 Å². The van der Waals surface area contributed by atoms with Crippen LogP contribution in [0.1, 0.15) is 24.0 Å². The molecule has 0 saturated carbocycles. The van der Waals surface area contributed by atoms with Crippen molar-refractivity contribution in [1.29, 1.82) is 0 Å². The van der Waals surface area contributed by atoms with Crippen molar-refractivity contribution in [2.75, 3.05) is 25.1 Å². The van der Waals surface area contributed by atoms with Crippen molar-refractivity contribution in [3.63, 3.8) is 0 Å². The largest absolute Gasteiger partial charge is 0.497 e. The average Bonchev–Trinajstić information content (AvgIpc) is 3.35. The highest BCUT2D eigenvalue weighted by atomic mass is 32.2. The van der Waals surface area contributed by atoms with Gasteiger partial charge in [0.25, 0.3) is 0 Å². The number of aromatic nitrogens is 2. The van der Waals surface area contributed by atoms with Gasteiger partial charge in [0.2, 0.25) is 15.9 Å². The van der Waals surface area contributed by atoms with Crippen molar-refractivity contribution < 1.29 is 17.9 Å². The summed E-state index contributed by atoms with van der Waals surface area (Å²) < 4.78 is 33.9. The van der Waals surface area contributed by atoms with Gasteiger partial charge in [-0.25, -0.2) is 13.4 Å². The number of hydrogen-bond acceptors (Lipinski definition) is 7. The van der Waals surface area contributed by atoms with Gasteiger partial charge in [0.1, 0.15) is 5.75 Å². The van der Waals surface area contributed by atoms with E-state index in [1.54, 1.807) is 41.6 Å². The number of sulfonamides is 1. The fourth-order valence-electron chi connectivity index (χ4n) is 4.51. The minimum Gasteiger partial charge on any atom is -0.497 e. The molecule has 1 saturated heterocycles. The van der Waals surface area contributed by atoms with Crippen LogP contribution >= 0.6 is 11.3 Å². The zero-order valence-electron chi connectivity index (χ0n) is 20.7. The summed E-state index contributed by atoms with van der Waals surface area (Å²) in [5, 5.41) is 0.641. The maximum Gasteiger partial charge on any atom is 0.243 e. The number of anilines is 1. The Kier molecular flexibility index (Phi) is 7.23. The van der Waals surface area contributed by atoms with Gasteiger partial charge in [-0.1, -0.05) is 23.5 Å². The number of fused-ring (bicyclic) bond motifs is 1. The van der Waals surface area contributed by atoms with Gasteiger partial charge in [-0.05, 0) is 73.4 Å². The number of thiazole rings is 1. The van der Waals surface area contributed by atoms with Crippen LogP contribution in [0.5, 0.6) is 5.75 Å². The maximum absolute atomic E-state index is 13.8. The Hall–Kier alpha value is -3.34. The Labute approximate surface area is 220 Å². The topological polar surface area (TPSA) is 92.7 Å². The lowest BCUT2D eigenvalue weighted by Gasteiger charge is -2.33. The number of carbonyl (C=O) groups excluding carboxylic acids is 1. The van der Waals surface area contributed by atoms with E-state index in [9.17, 15) is 13.2 Å². The standard InChI is InChI=1S/C27H28N4O4S2/c1-19-5-10-24-25(16-19)36-27(29-24)31(18-20-4-3-13-28-17-20)26(32)21-11-14-30(15-12-21)37(33,34)23-8-6-22(35-2)7-9-23/h3-10,13,16-17,21H,11-12,14-15,18H2,1-2H3. The average molecular weight is 537 g/mol. The number of carbonyl (C=O) groups is 1. The third-order valence-corrected chi connectivity index (χ3v) is 9.55. The summed E-state index contributed by atoms with van der Waals surface area (Å²) in [6.07, 6.45) is 4.35. The summed E-state index contributed by atoms with van der Waals surface area (Å²) in [4.78, 5) is 24.7. The molecule has 1 aliphatic rings. The molecule has 37 heavy (non-hydrogen) atoms. The molecule has 3 heterocycles. The van der Waals surface area contributed by atoms with Crippen LogP contribution in [0, 0.1) is 12.8 Å². The molecule has 4 aromatic rings. The fourth-order valence-corrected chi connectivity index (χ4v) is 7.05. The van der Waals surface area contributed by atoms with Crippen molar-refractivity contribution in [2.24, 2.45) is 5.92 Å². The van der Waals surface area contributed by atoms with Crippen molar-refractivity contribution in [2.45, 2.75) is 31.2 Å². The van der Waals surface area contributed by atoms with E-state index in [0.29, 0.717) is 30.3 Å². The second kappa shape index (κ2) is 10.6. The van der Waals surface area contributed by atoms with Crippen LogP contribution in [0.25, 0.3) is 10.2 Å². The molecule has 0 unspecified atom stereocenters. The Bertz CT molecular complexity index is 1500. The Balaban J connectivity index is 1.35. The number of rotatable bonds is 7. The minimum atomic E-state index is -3.64. The number of methoxy groups -OCH3 is 1. The van der Waals surface area contributed by atoms with Crippen LogP contribution in [0.4, 0.5) is 5.13 Å². The molecule has 0 radical (unpaired) electrons. The van der Waals surface area contributed by atoms with E-state index >= 15 is 0 Å². The summed E-state index contributed by atoms with van der Waals surface area (Å²) in [7, 11) is -2.10. The van der Waals surface area contributed by atoms with Gasteiger partial charge in [-0.15, -0.1) is 0 Å². The molecule has 2 aromatic heterocycles. The first-order chi connectivity index (χ1) is 17.8. The molecule has 0 bridgehead atoms. The molecule has 192 valence electrons. The molecule has 10 heteroatoms. The number of pyridine rings is 1. The van der Waals surface area contributed by atoms with Crippen LogP contribution < -0.4 is 9.64 Å². The first-order valence-electron chi connectivity index (χ1n) is 12.1. The SMILES string of the molecule is COc1ccc(S(=O)(=O)N2CCC(C(=O)N(Cc3cccnc3)c3nc4ccc(C)cc4s3)CC2)cc1. The van der Waals surface area contributed by atoms with Gasteiger partial charge in [-0.3, -0.25) is 14.7 Å². The van der Waals surface area contributed by atoms with Crippen molar-refractivity contribution in [1.82, 2.24) is 14.3 Å². The predicted octanol–water partition coefficient (Wildman–Crippen LogP) is 4.64. The molecule has 0 atom stereocenters. The summed E-state index contributed by atoms with van der Waals surface area (Å²) in [6, 6.07) is 16.2. The van der Waals surface area contributed by atoms with Gasteiger partial charge in [0.15, 0.2) is 5.13 Å². The molecule has 1 fully saturated rings. The van der Waals surface area contributed by atoms with Crippen LogP contribution in [0.3, 0.4) is 0 Å². The normalized spacial score (nSPS) is 15.1. The number of amides is 1. The predicted molar refractivity (Wildman–Crippen MR) is 144 cm³/mol. The molecular formula is C27H28N4O4S2. The zero-order valence-corrected chi connectivity index (χ0v) is 22.3. The quantitative estimate of drug-likeness (QED) is 0.342. The molecule has 0 spiro atoms. The molecule has 5 rings (SSSR count). The van der Waals surface area contributed by atoms with E-state index in [-0.39, 0.29) is 29.8 Å². The lowest BCUT2D eigenvalue weighted by Crippen LogP contribution is -2.44. The summed E-state index contributed by atoms with van der Waals surface area (Å²) in [5.74, 6) is 0.260. The Morgan fingerprint density at radius 1 is 1.14 bits per heavy atom. The monoisotopic (exact) mass is 536 g/mol. The lowest BCUT2D eigenvalue weighted by atomic mass is 9.96. The molecule has 2 aromatic carbocycles. The van der Waals surface area contributed by atoms with Gasteiger partial charge in [0.05, 0.1) is 28.8 Å². The smallest absolute Gasteiger partial charge is 0.243 e. The molecule has 1 amide bonds. The number of benzene rings is 2. The number of piperidine rings is 1. The first kappa shape index (κ1) is 25.3. The van der Waals surface area contributed by atoms with Gasteiger partial charge >= 0.3 is 0 Å². The third kappa shape index (κ3) is 5.36. The van der Waals surface area contributed by atoms with E-state index in [1.165, 1.54) is 22.8 Å². The van der Waals surface area contributed by atoms with E-state index < -0.39 is 10.0 Å². The second-order valence-corrected chi connectivity index (χ2v) is 12.1. The number of aryl methyl sites for hydroxylation is 1. The van der Waals surface area contributed by atoms with Crippen LogP contribution in [0.2, 0.25) is 0 Å². The first-order valence-corrected chi connectivity index (χ1v) is 14.3. The summed E-state index contributed by atoms with van der Waals surface area (Å²) >= 11 is 1.49. The van der Waals surface area contributed by atoms with Crippen LogP contribution in [-0.2, 0) is 21.4 Å². The van der Waals surface area contributed by atoms with Gasteiger partial charge in [0, 0.05) is 31.4 Å². The molecule has 8 nitrogen and oxygen atoms in total. The highest BCUT2D eigenvalue weighted by Crippen LogP contribution is 2.33. The summed E-state index contributed by atoms with van der Waals surface area (Å²) in [5.41, 5.74) is 2.90. The van der Waals surface area contributed by atoms with Gasteiger partial charge < -0.3 is 4.74 Å². The van der Waals surface area contributed by atoms with E-state index in [0.717, 1.165) is 21.3 Å². The molecular weight excluding hydrogens is 508 g/mol. The minimum absolute atomic E-state index is 0.0406. The highest BCUT2D eigenvalue weighted by molar-refractivity contribution is 7.89. The van der Waals surface area contributed by atoms with E-state index in [4.69, 9.17) is 9.72 Å². The molecule has 1 aliphatic heterocycles. The van der Waals surface area contributed by atoms with E-state index in [1.807, 2.05) is 31.2 Å². The third-order valence-electron chi connectivity index (χ3n) is 6.59. The molecule has 0 N–H and O–H groups in total. The zero-order chi connectivity index (χ0) is 26.0. The van der Waals surface area contributed by atoms with Crippen molar-refractivity contribution in [3.8, 4) is 5.75 Å². The van der Waals surface area contributed by atoms with Crippen LogP contribution in [-0.4, -0.2) is 48.8 Å². The molecule has 0 aliphatic carbocycles. The fraction of sp³-hybridized carbons (Fsp3) is 0.296. The number of ether oxygens (including phenoxy) is 1. The lowest BCUT2D eigenvalue weighted by molar-refractivity contribution is -0.123. The van der Waals surface area contributed by atoms with Crippen LogP contribution in [0.15, 0.2) is 71.9 Å². The highest BCUT2D eigenvalue weighted by Gasteiger charge is 2.35. The Morgan fingerprint density at radius 3 is 2.57 bits per heavy atom. The number of nitrogens with zero attached hydrogens (tertiary/aromatic N) is 4. The van der Waals surface area contributed by atoms with E-state index in [2.05, 4.69) is 11.1 Å². The number of hydrogen-bond donors (Lipinski definition) is 0. The summed E-state index contributed by atoms with van der Waals surface area (Å²) in [6.45, 7) is 2.95. The maximum atomic E-state index is 13.8. The Morgan fingerprint density at radius 2 is 1.89 bits per heavy atom. The second-order valence-electron chi connectivity index (χ2n) is 9.11. The van der Waals surface area contributed by atoms with Crippen molar-refractivity contribution >= 4 is 42.6 Å².